The number of nitrogens with two attached hydrogens (primary N) is 2. The number of benzene rings is 2. The summed E-state index contributed by atoms with van der Waals surface area (Å²) in [5.74, 6) is -5.55. The Morgan fingerprint density at radius 1 is 1.11 bits per heavy atom. The number of hydrogen-bond acceptors (Lipinski definition) is 7. The van der Waals surface area contributed by atoms with Crippen LogP contribution in [0.1, 0.15) is 51.1 Å². The van der Waals surface area contributed by atoms with Crippen molar-refractivity contribution in [3.8, 4) is 11.5 Å². The molecule has 0 aliphatic carbocycles. The molecule has 0 spiro atoms. The molecule has 0 bridgehead atoms. The maximum absolute atomic E-state index is 13.1. The predicted molar refractivity (Wildman–Crippen MR) is 124 cm³/mol. The molecular weight excluding hydrogens is 458 g/mol. The smallest absolute Gasteiger partial charge is 0.343 e. The number of rotatable bonds is 7. The monoisotopic (exact) mass is 483 g/mol. The number of aliphatic imine (C=N–C) groups is 1. The number of nitrogens with zero attached hydrogens (tertiary/aromatic N) is 1. The summed E-state index contributed by atoms with van der Waals surface area (Å²) in [5, 5.41) is 18.3. The first-order valence-corrected chi connectivity index (χ1v) is 10.8. The van der Waals surface area contributed by atoms with Crippen molar-refractivity contribution >= 4 is 35.3 Å². The Labute approximate surface area is 200 Å². The van der Waals surface area contributed by atoms with Crippen molar-refractivity contribution in [3.63, 3.8) is 0 Å². The summed E-state index contributed by atoms with van der Waals surface area (Å²) in [6.45, 7) is 1.79. The number of carboxylic acid groups (broad SMARTS) is 2. The molecule has 1 aliphatic rings. The highest BCUT2D eigenvalue weighted by atomic mass is 16.6. The average Bonchev–Trinajstić information content (AvgIpc) is 2.76. The molecule has 0 saturated carbocycles. The van der Waals surface area contributed by atoms with Gasteiger partial charge in [0.1, 0.15) is 0 Å². The van der Waals surface area contributed by atoms with Crippen molar-refractivity contribution in [2.45, 2.75) is 32.6 Å². The average molecular weight is 483 g/mol. The molecule has 6 N–H and O–H groups in total. The van der Waals surface area contributed by atoms with Crippen molar-refractivity contribution in [1.29, 1.82) is 0 Å². The van der Waals surface area contributed by atoms with Crippen LogP contribution in [0.2, 0.25) is 0 Å². The van der Waals surface area contributed by atoms with Crippen LogP contribution in [0, 0.1) is 12.8 Å². The van der Waals surface area contributed by atoms with Crippen LogP contribution in [0.4, 0.5) is 5.69 Å². The summed E-state index contributed by atoms with van der Waals surface area (Å²) in [4.78, 5) is 52.5. The number of carbonyl (C=O) groups excluding carboxylic acids is 2. The van der Waals surface area contributed by atoms with Gasteiger partial charge in [-0.2, -0.15) is 0 Å². The molecule has 11 heteroatoms. The largest absolute Gasteiger partial charge is 0.489 e. The van der Waals surface area contributed by atoms with E-state index in [1.54, 1.807) is 31.2 Å². The molecule has 1 atom stereocenters. The number of carbonyl (C=O) groups is 4. The number of aryl methyl sites for hydroxylation is 2. The van der Waals surface area contributed by atoms with Gasteiger partial charge in [-0.15, -0.1) is 0 Å². The number of fused-ring (bicyclic) bond motifs is 2. The zero-order valence-electron chi connectivity index (χ0n) is 18.9. The molecule has 184 valence electrons. The van der Waals surface area contributed by atoms with Crippen molar-refractivity contribution in [1.82, 2.24) is 0 Å². The number of Topliss-reactive ketones (excluding diaryl/α,β-unsaturated/α-hetero) is 1. The van der Waals surface area contributed by atoms with E-state index in [4.69, 9.17) is 26.0 Å². The molecule has 1 aliphatic heterocycles. The third kappa shape index (κ3) is 6.14. The van der Waals surface area contributed by atoms with Crippen LogP contribution in [0.25, 0.3) is 0 Å². The zero-order valence-corrected chi connectivity index (χ0v) is 18.9. The second-order valence-corrected chi connectivity index (χ2v) is 8.06. The number of ketones is 1. The van der Waals surface area contributed by atoms with E-state index in [9.17, 15) is 24.3 Å². The zero-order chi connectivity index (χ0) is 25.7. The molecule has 3 rings (SSSR count). The van der Waals surface area contributed by atoms with Gasteiger partial charge in [0, 0.05) is 6.42 Å². The summed E-state index contributed by atoms with van der Waals surface area (Å²) in [6.07, 6.45) is -0.345. The van der Waals surface area contributed by atoms with E-state index >= 15 is 0 Å². The molecular formula is C24H25N3O8. The van der Waals surface area contributed by atoms with E-state index in [2.05, 4.69) is 4.99 Å². The van der Waals surface area contributed by atoms with Crippen LogP contribution < -0.4 is 20.9 Å². The van der Waals surface area contributed by atoms with Gasteiger partial charge in [0.05, 0.1) is 35.8 Å². The second kappa shape index (κ2) is 10.7. The summed E-state index contributed by atoms with van der Waals surface area (Å²) >= 11 is 0. The maximum Gasteiger partial charge on any atom is 0.343 e. The van der Waals surface area contributed by atoms with Gasteiger partial charge in [-0.25, -0.2) is 9.79 Å². The summed E-state index contributed by atoms with van der Waals surface area (Å²) in [7, 11) is 0. The quantitative estimate of drug-likeness (QED) is 0.149. The van der Waals surface area contributed by atoms with Crippen molar-refractivity contribution in [3.05, 3.63) is 52.6 Å². The molecule has 2 aromatic carbocycles. The van der Waals surface area contributed by atoms with E-state index < -0.39 is 42.5 Å². The summed E-state index contributed by atoms with van der Waals surface area (Å²) in [5.41, 5.74) is 12.8. The van der Waals surface area contributed by atoms with Gasteiger partial charge < -0.3 is 31.2 Å². The molecule has 2 aromatic rings. The van der Waals surface area contributed by atoms with E-state index in [1.807, 2.05) is 0 Å². The highest BCUT2D eigenvalue weighted by Gasteiger charge is 2.29. The van der Waals surface area contributed by atoms with Crippen LogP contribution in [-0.2, 0) is 16.0 Å². The molecule has 0 aromatic heterocycles. The van der Waals surface area contributed by atoms with Crippen molar-refractivity contribution in [2.24, 2.45) is 22.4 Å². The van der Waals surface area contributed by atoms with Crippen molar-refractivity contribution < 1.29 is 38.9 Å². The minimum absolute atomic E-state index is 0.00444. The van der Waals surface area contributed by atoms with Crippen LogP contribution in [0.3, 0.4) is 0 Å². The highest BCUT2D eigenvalue weighted by Crippen LogP contribution is 2.37. The molecule has 0 radical (unpaired) electrons. The van der Waals surface area contributed by atoms with E-state index in [0.29, 0.717) is 35.2 Å². The lowest BCUT2D eigenvalue weighted by Crippen LogP contribution is -2.22. The molecule has 0 saturated heterocycles. The van der Waals surface area contributed by atoms with Gasteiger partial charge in [-0.1, -0.05) is 6.07 Å². The highest BCUT2D eigenvalue weighted by molar-refractivity contribution is 6.03. The number of guanidine groups is 1. The minimum Gasteiger partial charge on any atom is -0.489 e. The molecule has 1 heterocycles. The molecule has 1 unspecified atom stereocenters. The summed E-state index contributed by atoms with van der Waals surface area (Å²) in [6, 6.07) is 7.83. The topological polar surface area (TPSA) is 192 Å². The van der Waals surface area contributed by atoms with Crippen molar-refractivity contribution in [2.75, 3.05) is 6.61 Å². The van der Waals surface area contributed by atoms with Gasteiger partial charge >= 0.3 is 17.9 Å². The molecule has 0 fully saturated rings. The lowest BCUT2D eigenvalue weighted by molar-refractivity contribution is -0.148. The first-order valence-electron chi connectivity index (χ1n) is 10.8. The molecule has 35 heavy (non-hydrogen) atoms. The van der Waals surface area contributed by atoms with E-state index in [-0.39, 0.29) is 29.6 Å². The molecule has 11 nitrogen and oxygen atoms in total. The normalized spacial score (nSPS) is 13.8. The Kier molecular flexibility index (Phi) is 7.69. The number of hydrogen-bond donors (Lipinski definition) is 4. The molecule has 0 amide bonds. The fourth-order valence-corrected chi connectivity index (χ4v) is 3.81. The minimum atomic E-state index is -1.41. The Balaban J connectivity index is 1.98. The Morgan fingerprint density at radius 3 is 2.51 bits per heavy atom. The lowest BCUT2D eigenvalue weighted by atomic mass is 9.92. The Morgan fingerprint density at radius 2 is 1.86 bits per heavy atom. The fraction of sp³-hybridized carbons (Fsp3) is 0.292. The Hall–Kier alpha value is -4.41. The summed E-state index contributed by atoms with van der Waals surface area (Å²) < 4.78 is 11.4. The van der Waals surface area contributed by atoms with Gasteiger partial charge in [0.2, 0.25) is 0 Å². The van der Waals surface area contributed by atoms with Gasteiger partial charge in [0.15, 0.2) is 23.2 Å². The third-order valence-electron chi connectivity index (χ3n) is 5.42. The van der Waals surface area contributed by atoms with Gasteiger partial charge in [0.25, 0.3) is 0 Å². The van der Waals surface area contributed by atoms with Crippen LogP contribution in [0.5, 0.6) is 11.5 Å². The number of esters is 1. The van der Waals surface area contributed by atoms with Crippen LogP contribution in [-0.4, -0.2) is 46.5 Å². The van der Waals surface area contributed by atoms with Gasteiger partial charge in [-0.3, -0.25) is 14.4 Å². The fourth-order valence-electron chi connectivity index (χ4n) is 3.81. The third-order valence-corrected chi connectivity index (χ3v) is 5.42. The van der Waals surface area contributed by atoms with E-state index in [1.165, 1.54) is 6.07 Å². The second-order valence-electron chi connectivity index (χ2n) is 8.06. The SMILES string of the molecule is Cc1ccc2c(c1C(=O)CC(CC(=O)O)C(=O)O)OCCCc1cc(N=C(N)N)ccc1C(=O)O2. The van der Waals surface area contributed by atoms with Crippen LogP contribution >= 0.6 is 0 Å². The number of ether oxygens (including phenoxy) is 2. The van der Waals surface area contributed by atoms with Gasteiger partial charge in [-0.05, 0) is 55.2 Å². The number of carboxylic acids is 2. The first kappa shape index (κ1) is 25.2. The Bertz CT molecular complexity index is 1220. The van der Waals surface area contributed by atoms with Crippen LogP contribution in [0.15, 0.2) is 35.3 Å². The lowest BCUT2D eigenvalue weighted by Gasteiger charge is -2.20. The standard InChI is InChI=1S/C24H25N3O8/c1-12-4-7-18-21(20(12)17(28)10-14(22(31)32)11-19(29)30)34-8-2-3-13-9-15(27-24(25)26)5-6-16(13)23(33)35-18/h4-7,9,14H,2-3,8,10-11H2,1H3,(H,29,30)(H,31,32)(H4,25,26,27). The number of aliphatic carboxylic acids is 2. The predicted octanol–water partition coefficient (Wildman–Crippen LogP) is 2.19. The maximum atomic E-state index is 13.1. The first-order chi connectivity index (χ1) is 16.6. The van der Waals surface area contributed by atoms with E-state index in [0.717, 1.165) is 0 Å².